The first-order valence-corrected chi connectivity index (χ1v) is 8.07. The van der Waals surface area contributed by atoms with E-state index in [2.05, 4.69) is 21.8 Å². The molecule has 110 valence electrons. The summed E-state index contributed by atoms with van der Waals surface area (Å²) in [6, 6.07) is 2.79. The Morgan fingerprint density at radius 1 is 1.15 bits per heavy atom. The number of likely N-dealkylation sites (tertiary alicyclic amines) is 1. The molecule has 2 heterocycles. The molecule has 2 aliphatic rings. The van der Waals surface area contributed by atoms with Gasteiger partial charge in [0, 0.05) is 18.7 Å². The summed E-state index contributed by atoms with van der Waals surface area (Å²) in [6.45, 7) is 2.99. The molecule has 0 spiro atoms. The topological polar surface area (TPSA) is 38.1 Å². The second-order valence-electron chi connectivity index (χ2n) is 6.33. The number of rotatable bonds is 4. The van der Waals surface area contributed by atoms with Gasteiger partial charge in [0.1, 0.15) is 6.29 Å². The lowest BCUT2D eigenvalue weighted by atomic mass is 9.96. The molecule has 1 saturated heterocycles. The van der Waals surface area contributed by atoms with Crippen molar-refractivity contribution < 1.29 is 4.79 Å². The predicted molar refractivity (Wildman–Crippen MR) is 78.4 cm³/mol. The second kappa shape index (κ2) is 6.53. The highest BCUT2D eigenvalue weighted by Gasteiger charge is 2.20. The molecule has 20 heavy (non-hydrogen) atoms. The maximum Gasteiger partial charge on any atom is 0.123 e. The molecule has 1 aliphatic heterocycles. The van der Waals surface area contributed by atoms with Gasteiger partial charge in [-0.1, -0.05) is 19.3 Å². The third-order valence-electron chi connectivity index (χ3n) is 4.82. The molecule has 0 unspecified atom stereocenters. The molecule has 0 aromatic carbocycles. The van der Waals surface area contributed by atoms with Crippen molar-refractivity contribution in [1.82, 2.24) is 14.7 Å². The van der Waals surface area contributed by atoms with E-state index in [1.165, 1.54) is 37.8 Å². The molecule has 3 rings (SSSR count). The van der Waals surface area contributed by atoms with Crippen LogP contribution in [0.1, 0.15) is 56.7 Å². The summed E-state index contributed by atoms with van der Waals surface area (Å²) in [6.07, 6.45) is 11.9. The molecule has 4 nitrogen and oxygen atoms in total. The minimum absolute atomic E-state index is 0.283. The van der Waals surface area contributed by atoms with E-state index in [9.17, 15) is 4.79 Å². The Bertz CT molecular complexity index is 429. The van der Waals surface area contributed by atoms with Crippen LogP contribution < -0.4 is 0 Å². The maximum atomic E-state index is 10.8. The van der Waals surface area contributed by atoms with Crippen molar-refractivity contribution in [3.63, 3.8) is 0 Å². The molecule has 0 amide bonds. The van der Waals surface area contributed by atoms with Crippen LogP contribution in [0.2, 0.25) is 0 Å². The lowest BCUT2D eigenvalue weighted by Gasteiger charge is -2.28. The smallest absolute Gasteiger partial charge is 0.123 e. The SMILES string of the molecule is O=CC1CCN(Cc2ccn(C3CCCCC3)n2)CC1. The fourth-order valence-corrected chi connectivity index (χ4v) is 3.49. The van der Waals surface area contributed by atoms with E-state index in [0.717, 1.165) is 38.8 Å². The molecular formula is C16H25N3O. The summed E-state index contributed by atoms with van der Waals surface area (Å²) in [5.41, 5.74) is 1.18. The highest BCUT2D eigenvalue weighted by atomic mass is 16.1. The van der Waals surface area contributed by atoms with Gasteiger partial charge in [-0.15, -0.1) is 0 Å². The predicted octanol–water partition coefficient (Wildman–Crippen LogP) is 2.80. The lowest BCUT2D eigenvalue weighted by molar-refractivity contribution is -0.112. The van der Waals surface area contributed by atoms with Gasteiger partial charge < -0.3 is 4.79 Å². The zero-order valence-corrected chi connectivity index (χ0v) is 12.2. The van der Waals surface area contributed by atoms with E-state index in [1.54, 1.807) is 0 Å². The maximum absolute atomic E-state index is 10.8. The summed E-state index contributed by atoms with van der Waals surface area (Å²) in [5.74, 6) is 0.283. The number of hydrogen-bond donors (Lipinski definition) is 0. The number of carbonyl (C=O) groups excluding carboxylic acids is 1. The summed E-state index contributed by atoms with van der Waals surface area (Å²) >= 11 is 0. The van der Waals surface area contributed by atoms with Crippen molar-refractivity contribution in [2.75, 3.05) is 13.1 Å². The van der Waals surface area contributed by atoms with Crippen molar-refractivity contribution >= 4 is 6.29 Å². The molecule has 1 aromatic rings. The van der Waals surface area contributed by atoms with Crippen LogP contribution in [-0.4, -0.2) is 34.1 Å². The molecule has 2 fully saturated rings. The molecule has 1 saturated carbocycles. The van der Waals surface area contributed by atoms with Crippen LogP contribution in [0.4, 0.5) is 0 Å². The zero-order valence-electron chi connectivity index (χ0n) is 12.2. The number of carbonyl (C=O) groups is 1. The van der Waals surface area contributed by atoms with E-state index in [-0.39, 0.29) is 5.92 Å². The number of piperidine rings is 1. The van der Waals surface area contributed by atoms with Crippen molar-refractivity contribution in [2.45, 2.75) is 57.5 Å². The Hall–Kier alpha value is -1.16. The molecule has 0 bridgehead atoms. The summed E-state index contributed by atoms with van der Waals surface area (Å²) in [5, 5.41) is 4.77. The van der Waals surface area contributed by atoms with Crippen LogP contribution in [0.3, 0.4) is 0 Å². The Kier molecular flexibility index (Phi) is 4.51. The monoisotopic (exact) mass is 275 g/mol. The van der Waals surface area contributed by atoms with E-state index in [1.807, 2.05) is 0 Å². The summed E-state index contributed by atoms with van der Waals surface area (Å²) in [4.78, 5) is 13.2. The van der Waals surface area contributed by atoms with Crippen LogP contribution >= 0.6 is 0 Å². The van der Waals surface area contributed by atoms with Crippen LogP contribution in [0.25, 0.3) is 0 Å². The van der Waals surface area contributed by atoms with Gasteiger partial charge in [-0.05, 0) is 44.8 Å². The quantitative estimate of drug-likeness (QED) is 0.793. The zero-order chi connectivity index (χ0) is 13.8. The number of aromatic nitrogens is 2. The molecule has 0 atom stereocenters. The minimum atomic E-state index is 0.283. The van der Waals surface area contributed by atoms with Gasteiger partial charge in [0.2, 0.25) is 0 Å². The Labute approximate surface area is 121 Å². The van der Waals surface area contributed by atoms with Gasteiger partial charge >= 0.3 is 0 Å². The van der Waals surface area contributed by atoms with Gasteiger partial charge in [-0.3, -0.25) is 9.58 Å². The van der Waals surface area contributed by atoms with E-state index in [4.69, 9.17) is 5.10 Å². The first-order valence-electron chi connectivity index (χ1n) is 8.07. The second-order valence-corrected chi connectivity index (χ2v) is 6.33. The van der Waals surface area contributed by atoms with Crippen LogP contribution in [0, 0.1) is 5.92 Å². The molecular weight excluding hydrogens is 250 g/mol. The summed E-state index contributed by atoms with van der Waals surface area (Å²) in [7, 11) is 0. The van der Waals surface area contributed by atoms with Crippen molar-refractivity contribution in [2.24, 2.45) is 5.92 Å². The Balaban J connectivity index is 1.53. The van der Waals surface area contributed by atoms with Gasteiger partial charge in [-0.25, -0.2) is 0 Å². The van der Waals surface area contributed by atoms with Gasteiger partial charge in [0.15, 0.2) is 0 Å². The highest BCUT2D eigenvalue weighted by Crippen LogP contribution is 2.27. The highest BCUT2D eigenvalue weighted by molar-refractivity contribution is 5.53. The van der Waals surface area contributed by atoms with E-state index < -0.39 is 0 Å². The Morgan fingerprint density at radius 2 is 1.90 bits per heavy atom. The van der Waals surface area contributed by atoms with Crippen molar-refractivity contribution in [1.29, 1.82) is 0 Å². The van der Waals surface area contributed by atoms with Gasteiger partial charge in [0.25, 0.3) is 0 Å². The van der Waals surface area contributed by atoms with Crippen LogP contribution in [-0.2, 0) is 11.3 Å². The minimum Gasteiger partial charge on any atom is -0.303 e. The third-order valence-corrected chi connectivity index (χ3v) is 4.82. The average molecular weight is 275 g/mol. The van der Waals surface area contributed by atoms with Crippen LogP contribution in [0.15, 0.2) is 12.3 Å². The normalized spacial score (nSPS) is 23.0. The lowest BCUT2D eigenvalue weighted by Crippen LogP contribution is -2.33. The fourth-order valence-electron chi connectivity index (χ4n) is 3.49. The number of hydrogen-bond acceptors (Lipinski definition) is 3. The molecule has 0 N–H and O–H groups in total. The fraction of sp³-hybridized carbons (Fsp3) is 0.750. The number of aldehydes is 1. The van der Waals surface area contributed by atoms with Crippen molar-refractivity contribution in [3.8, 4) is 0 Å². The molecule has 1 aliphatic carbocycles. The molecule has 4 heteroatoms. The first-order chi connectivity index (χ1) is 9.85. The van der Waals surface area contributed by atoms with E-state index in [0.29, 0.717) is 6.04 Å². The average Bonchev–Trinajstić information content (AvgIpc) is 2.97. The van der Waals surface area contributed by atoms with Crippen LogP contribution in [0.5, 0.6) is 0 Å². The molecule has 0 radical (unpaired) electrons. The van der Waals surface area contributed by atoms with E-state index >= 15 is 0 Å². The molecule has 1 aromatic heterocycles. The first kappa shape index (κ1) is 13.8. The standard InChI is InChI=1S/C16H25N3O/c20-13-14-6-9-18(10-7-14)12-15-8-11-19(17-15)16-4-2-1-3-5-16/h8,11,13-14,16H,1-7,9-10,12H2. The van der Waals surface area contributed by atoms with Crippen molar-refractivity contribution in [3.05, 3.63) is 18.0 Å². The number of nitrogens with zero attached hydrogens (tertiary/aromatic N) is 3. The Morgan fingerprint density at radius 3 is 2.60 bits per heavy atom. The summed E-state index contributed by atoms with van der Waals surface area (Å²) < 4.78 is 2.19. The largest absolute Gasteiger partial charge is 0.303 e. The van der Waals surface area contributed by atoms with Gasteiger partial charge in [0.05, 0.1) is 11.7 Å². The third kappa shape index (κ3) is 3.29. The van der Waals surface area contributed by atoms with Gasteiger partial charge in [-0.2, -0.15) is 5.10 Å².